The second kappa shape index (κ2) is 10.7. The first-order chi connectivity index (χ1) is 6.71. The van der Waals surface area contributed by atoms with E-state index in [-0.39, 0.29) is 12.4 Å². The van der Waals surface area contributed by atoms with Crippen molar-refractivity contribution in [3.63, 3.8) is 0 Å². The molecular weight excluding hydrogens is 256 g/mol. The van der Waals surface area contributed by atoms with Crippen LogP contribution in [-0.4, -0.2) is 52.9 Å². The van der Waals surface area contributed by atoms with E-state index in [0.717, 1.165) is 28.5 Å². The van der Waals surface area contributed by atoms with Crippen molar-refractivity contribution >= 4 is 27.6 Å². The maximum atomic E-state index is 5.04. The largest absolute Gasteiger partial charge is 1.00 e. The molecule has 0 fully saturated rings. The van der Waals surface area contributed by atoms with E-state index >= 15 is 0 Å². The summed E-state index contributed by atoms with van der Waals surface area (Å²) in [6, 6.07) is 0. The third kappa shape index (κ3) is 6.39. The Labute approximate surface area is 105 Å². The maximum Gasteiger partial charge on any atom is 0.385 e. The molecule has 0 spiro atoms. The zero-order valence-corrected chi connectivity index (χ0v) is 13.4. The van der Waals surface area contributed by atoms with Gasteiger partial charge >= 0.3 is 5.17 Å². The summed E-state index contributed by atoms with van der Waals surface area (Å²) in [6.45, 7) is 3.10. The van der Waals surface area contributed by atoms with Gasteiger partial charge in [-0.2, -0.15) is 9.68 Å². The number of halogens is 1. The molecule has 0 unspecified atom stereocenters. The third-order valence-corrected chi connectivity index (χ3v) is 3.50. The molecule has 0 amide bonds. The smallest absolute Gasteiger partial charge is 0.385 e. The summed E-state index contributed by atoms with van der Waals surface area (Å²) in [5.74, 6) is 0. The van der Waals surface area contributed by atoms with E-state index in [4.69, 9.17) is 13.9 Å². The Morgan fingerprint density at radius 3 is 2.20 bits per heavy atom. The van der Waals surface area contributed by atoms with Gasteiger partial charge in [0, 0.05) is 5.23 Å². The fourth-order valence-corrected chi connectivity index (χ4v) is 2.38. The van der Waals surface area contributed by atoms with Gasteiger partial charge in [0.25, 0.3) is 0 Å². The number of amidine groups is 1. The number of hydrogen-bond acceptors (Lipinski definition) is 4. The van der Waals surface area contributed by atoms with Gasteiger partial charge in [0.2, 0.25) is 10.4 Å². The van der Waals surface area contributed by atoms with Crippen molar-refractivity contribution in [3.05, 3.63) is 0 Å². The molecule has 5 nitrogen and oxygen atoms in total. The molecule has 0 radical (unpaired) electrons. The normalized spacial score (nSPS) is 12.0. The van der Waals surface area contributed by atoms with Crippen molar-refractivity contribution in [3.8, 4) is 0 Å². The minimum atomic E-state index is 0. The molecule has 15 heavy (non-hydrogen) atoms. The van der Waals surface area contributed by atoms with Gasteiger partial charge in [-0.05, 0) is 6.42 Å². The Bertz CT molecular complexity index is 193. The van der Waals surface area contributed by atoms with Gasteiger partial charge < -0.3 is 20.8 Å². The lowest BCUT2D eigenvalue weighted by Gasteiger charge is -2.12. The minimum Gasteiger partial charge on any atom is -1.00 e. The van der Waals surface area contributed by atoms with Crippen molar-refractivity contribution < 1.29 is 30.5 Å². The van der Waals surface area contributed by atoms with Crippen molar-refractivity contribution in [2.24, 2.45) is 0 Å². The van der Waals surface area contributed by atoms with Crippen LogP contribution < -0.4 is 12.4 Å². The molecule has 0 bridgehead atoms. The molecule has 0 aliphatic rings. The van der Waals surface area contributed by atoms with Crippen LogP contribution in [0.15, 0.2) is 0 Å². The van der Waals surface area contributed by atoms with E-state index in [1.807, 2.05) is 0 Å². The van der Waals surface area contributed by atoms with Crippen LogP contribution in [0.1, 0.15) is 13.3 Å². The fraction of sp³-hybridized carbons (Fsp3) is 0.857. The number of rotatable bonds is 5. The summed E-state index contributed by atoms with van der Waals surface area (Å²) in [4.78, 5) is 10.1. The van der Waals surface area contributed by atoms with Gasteiger partial charge in [0.15, 0.2) is 0 Å². The summed E-state index contributed by atoms with van der Waals surface area (Å²) in [7, 11) is 5.63. The lowest BCUT2D eigenvalue weighted by atomic mass is 10.5. The van der Waals surface area contributed by atoms with Crippen LogP contribution in [0, 0.1) is 0 Å². The van der Waals surface area contributed by atoms with Crippen molar-refractivity contribution in [1.82, 2.24) is 5.23 Å². The van der Waals surface area contributed by atoms with Gasteiger partial charge in [-0.15, -0.1) is 0 Å². The zero-order valence-electron chi connectivity index (χ0n) is 9.82. The average Bonchev–Trinajstić information content (AvgIpc) is 2.18. The summed E-state index contributed by atoms with van der Waals surface area (Å²) < 4.78 is 7.15. The zero-order chi connectivity index (χ0) is 11.0. The molecule has 0 rings (SSSR count). The van der Waals surface area contributed by atoms with Crippen LogP contribution in [0.3, 0.4) is 0 Å². The Balaban J connectivity index is 0. The molecule has 8 heteroatoms. The first-order valence-corrected chi connectivity index (χ1v) is 6.01. The van der Waals surface area contributed by atoms with Crippen molar-refractivity contribution in [2.45, 2.75) is 13.3 Å². The predicted molar refractivity (Wildman–Crippen MR) is 60.8 cm³/mol. The molecule has 0 heterocycles. The molecule has 0 saturated heterocycles. The lowest BCUT2D eigenvalue weighted by molar-refractivity contribution is -0.407. The summed E-state index contributed by atoms with van der Waals surface area (Å²) in [5.41, 5.74) is 0. The van der Waals surface area contributed by atoms with Gasteiger partial charge in [0.05, 0.1) is 27.9 Å². The molecule has 0 aromatic heterocycles. The number of hydrogen-bond donors (Lipinski definition) is 0. The lowest BCUT2D eigenvalue weighted by Crippen LogP contribution is -3.00. The molecule has 0 aliphatic carbocycles. The molecule has 0 aliphatic heterocycles. The Hall–Kier alpha value is 0.207. The van der Waals surface area contributed by atoms with E-state index < -0.39 is 0 Å². The SMILES string of the molecule is CCC/[N+]([SiH3])=C(/SOC)N(OC)OC.[Cl-]. The molecule has 0 N–H and O–H groups in total. The number of hydroxylamine groups is 2. The molecule has 0 saturated carbocycles. The Morgan fingerprint density at radius 2 is 1.87 bits per heavy atom. The first kappa shape index (κ1) is 17.6. The van der Waals surface area contributed by atoms with Crippen molar-refractivity contribution in [1.29, 1.82) is 0 Å². The minimum absolute atomic E-state index is 0. The topological polar surface area (TPSA) is 33.9 Å². The highest BCUT2D eigenvalue weighted by Crippen LogP contribution is 2.09. The molecule has 92 valence electrons. The Morgan fingerprint density at radius 1 is 1.33 bits per heavy atom. The van der Waals surface area contributed by atoms with Crippen LogP contribution in [0.5, 0.6) is 0 Å². The van der Waals surface area contributed by atoms with Crippen LogP contribution in [-0.2, 0) is 13.9 Å². The summed E-state index contributed by atoms with van der Waals surface area (Å²) in [6.07, 6.45) is 1.08. The van der Waals surface area contributed by atoms with Gasteiger partial charge in [-0.1, -0.05) is 6.92 Å². The second-order valence-corrected chi connectivity index (χ2v) is 4.52. The first-order valence-electron chi connectivity index (χ1n) is 4.38. The molecule has 0 aromatic carbocycles. The van der Waals surface area contributed by atoms with Crippen LogP contribution in [0.4, 0.5) is 0 Å². The highest BCUT2D eigenvalue weighted by Gasteiger charge is 2.24. The predicted octanol–water partition coefficient (Wildman–Crippen LogP) is -3.23. The van der Waals surface area contributed by atoms with Crippen LogP contribution in [0.2, 0.25) is 0 Å². The van der Waals surface area contributed by atoms with Gasteiger partial charge in [0.1, 0.15) is 12.0 Å². The standard InChI is InChI=1S/C7H19N2O3SSi.ClH/c1-5-6-8(14)7(13-12-4)9(10-2)11-3;/h5-6H2,1-4,14H3;1H/q+1;/p-1. The second-order valence-electron chi connectivity index (χ2n) is 2.58. The third-order valence-electron chi connectivity index (χ3n) is 1.53. The maximum absolute atomic E-state index is 5.04. The fourth-order valence-electron chi connectivity index (χ4n) is 0.970. The highest BCUT2D eigenvalue weighted by molar-refractivity contribution is 8.09. The van der Waals surface area contributed by atoms with Crippen LogP contribution >= 0.6 is 12.0 Å². The summed E-state index contributed by atoms with van der Waals surface area (Å²) >= 11 is 1.23. The molecule has 0 atom stereocenters. The van der Waals surface area contributed by atoms with Crippen molar-refractivity contribution in [2.75, 3.05) is 27.9 Å². The monoisotopic (exact) mass is 274 g/mol. The van der Waals surface area contributed by atoms with E-state index in [1.54, 1.807) is 21.3 Å². The highest BCUT2D eigenvalue weighted by atomic mass is 35.5. The van der Waals surface area contributed by atoms with Crippen LogP contribution in [0.25, 0.3) is 0 Å². The Kier molecular flexibility index (Phi) is 12.6. The van der Waals surface area contributed by atoms with Gasteiger partial charge in [-0.25, -0.2) is 0 Å². The number of nitrogens with zero attached hydrogens (tertiary/aromatic N) is 2. The van der Waals surface area contributed by atoms with E-state index in [1.165, 1.54) is 17.3 Å². The summed E-state index contributed by atoms with van der Waals surface area (Å²) in [5, 5.41) is 2.17. The molecular formula is C7H19ClN2O3SSi. The van der Waals surface area contributed by atoms with E-state index in [9.17, 15) is 0 Å². The van der Waals surface area contributed by atoms with E-state index in [2.05, 4.69) is 11.2 Å². The van der Waals surface area contributed by atoms with E-state index in [0.29, 0.717) is 0 Å². The van der Waals surface area contributed by atoms with Gasteiger partial charge in [-0.3, -0.25) is 0 Å². The molecule has 0 aromatic rings. The average molecular weight is 275 g/mol. The quantitative estimate of drug-likeness (QED) is 0.173.